The van der Waals surface area contributed by atoms with Crippen molar-refractivity contribution in [2.75, 3.05) is 70.7 Å². The number of anilines is 1. The molecule has 2 aromatic rings. The predicted octanol–water partition coefficient (Wildman–Crippen LogP) is 4.19. The molecule has 0 aliphatic carbocycles. The van der Waals surface area contributed by atoms with Crippen LogP contribution in [-0.4, -0.2) is 113 Å². The van der Waals surface area contributed by atoms with Crippen LogP contribution < -0.4 is 15.4 Å². The number of aryl methyl sites for hydroxylation is 1. The summed E-state index contributed by atoms with van der Waals surface area (Å²) in [6, 6.07) is 9.72. The summed E-state index contributed by atoms with van der Waals surface area (Å²) in [4.78, 5) is 49.3. The maximum absolute atomic E-state index is 12.9. The highest BCUT2D eigenvalue weighted by Gasteiger charge is 2.15. The van der Waals surface area contributed by atoms with E-state index in [0.717, 1.165) is 44.1 Å². The van der Waals surface area contributed by atoms with E-state index in [0.29, 0.717) is 0 Å². The Labute approximate surface area is 324 Å². The number of carbonyl (C=O) groups is 4. The van der Waals surface area contributed by atoms with Gasteiger partial charge in [-0.3, -0.25) is 19.1 Å². The van der Waals surface area contributed by atoms with Crippen LogP contribution >= 0.6 is 0 Å². The Morgan fingerprint density at radius 3 is 1.71 bits per heavy atom. The van der Waals surface area contributed by atoms with E-state index < -0.39 is 27.9 Å². The number of nitrogens with zero attached hydrogens (tertiary/aromatic N) is 1. The van der Waals surface area contributed by atoms with Crippen LogP contribution in [0.15, 0.2) is 47.5 Å². The average Bonchev–Trinajstić information content (AvgIpc) is 3.15. The summed E-state index contributed by atoms with van der Waals surface area (Å²) < 4.78 is 49.0. The Hall–Kier alpha value is -4.16. The monoisotopic (exact) mass is 794 g/mol. The SMILES string of the molecule is O=C(O)CCCCCCCCCCCCCc1ccc(S(=O)(=O)Nc2ccc(C(=O)NCCOCCOCC(=O)NCCOCCOCC(=O)O)cn2)cc1. The number of nitrogens with one attached hydrogen (secondary N) is 3. The van der Waals surface area contributed by atoms with Gasteiger partial charge in [-0.1, -0.05) is 69.9 Å². The average molecular weight is 795 g/mol. The van der Waals surface area contributed by atoms with Crippen LogP contribution in [0.4, 0.5) is 5.82 Å². The maximum atomic E-state index is 12.9. The van der Waals surface area contributed by atoms with Gasteiger partial charge in [0.25, 0.3) is 15.9 Å². The molecule has 0 unspecified atom stereocenters. The van der Waals surface area contributed by atoms with E-state index in [4.69, 9.17) is 29.2 Å². The Bertz CT molecular complexity index is 1490. The number of rotatable bonds is 34. The number of hydrogen-bond donors (Lipinski definition) is 5. The summed E-state index contributed by atoms with van der Waals surface area (Å²) in [6.45, 7) is 1.15. The fourth-order valence-electron chi connectivity index (χ4n) is 5.23. The van der Waals surface area contributed by atoms with Crippen molar-refractivity contribution in [1.82, 2.24) is 15.6 Å². The van der Waals surface area contributed by atoms with Crippen LogP contribution in [0.5, 0.6) is 0 Å². The molecule has 0 bridgehead atoms. The molecule has 1 heterocycles. The first-order valence-corrected chi connectivity index (χ1v) is 20.4. The second-order valence-corrected chi connectivity index (χ2v) is 14.5. The Morgan fingerprint density at radius 1 is 0.600 bits per heavy atom. The summed E-state index contributed by atoms with van der Waals surface area (Å²) in [5.41, 5.74) is 1.33. The van der Waals surface area contributed by atoms with Gasteiger partial charge in [0, 0.05) is 25.7 Å². The van der Waals surface area contributed by atoms with Gasteiger partial charge in [0.2, 0.25) is 5.91 Å². The van der Waals surface area contributed by atoms with Gasteiger partial charge in [-0.15, -0.1) is 0 Å². The number of benzene rings is 1. The molecule has 1 aromatic carbocycles. The summed E-state index contributed by atoms with van der Waals surface area (Å²) in [6.07, 6.45) is 14.7. The molecule has 0 aliphatic heterocycles. The molecule has 55 heavy (non-hydrogen) atoms. The topological polar surface area (TPSA) is 229 Å². The maximum Gasteiger partial charge on any atom is 0.329 e. The fourth-order valence-corrected chi connectivity index (χ4v) is 6.24. The van der Waals surface area contributed by atoms with E-state index in [2.05, 4.69) is 20.3 Å². The normalized spacial score (nSPS) is 11.3. The number of carboxylic acids is 2. The van der Waals surface area contributed by atoms with Crippen LogP contribution in [0.3, 0.4) is 0 Å². The van der Waals surface area contributed by atoms with Crippen molar-refractivity contribution in [2.45, 2.75) is 88.4 Å². The van der Waals surface area contributed by atoms with E-state index in [1.165, 1.54) is 56.9 Å². The van der Waals surface area contributed by atoms with Gasteiger partial charge in [-0.25, -0.2) is 18.2 Å². The summed E-state index contributed by atoms with van der Waals surface area (Å²) in [7, 11) is -3.87. The van der Waals surface area contributed by atoms with Crippen LogP contribution in [0.25, 0.3) is 0 Å². The number of aliphatic carboxylic acids is 2. The molecule has 0 spiro atoms. The standard InChI is InChI=1S/C38H58N4O12S/c43-35(39-20-22-51-25-27-54-30-37(46)47)29-53-26-24-52-23-21-40-38(48)32-16-19-34(41-28-32)42-55(49,50)33-17-14-31(15-18-33)12-10-8-6-4-2-1-3-5-7-9-11-13-36(44)45/h14-19,28H,1-13,20-27,29-30H2,(H,39,43)(H,40,48)(H,41,42)(H,44,45)(H,46,47). The van der Waals surface area contributed by atoms with Crippen molar-refractivity contribution in [1.29, 1.82) is 0 Å². The minimum Gasteiger partial charge on any atom is -0.481 e. The van der Waals surface area contributed by atoms with Crippen molar-refractivity contribution in [2.24, 2.45) is 0 Å². The first-order valence-electron chi connectivity index (χ1n) is 18.9. The second kappa shape index (κ2) is 29.2. The Balaban J connectivity index is 1.51. The lowest BCUT2D eigenvalue weighted by Gasteiger charge is -2.10. The molecule has 5 N–H and O–H groups in total. The lowest BCUT2D eigenvalue weighted by molar-refractivity contribution is -0.143. The molecule has 2 amide bonds. The highest BCUT2D eigenvalue weighted by molar-refractivity contribution is 7.92. The minimum absolute atomic E-state index is 0.0850. The lowest BCUT2D eigenvalue weighted by atomic mass is 10.0. The van der Waals surface area contributed by atoms with Gasteiger partial charge in [0.1, 0.15) is 19.0 Å². The van der Waals surface area contributed by atoms with Crippen LogP contribution in [-0.2, 0) is 49.8 Å². The zero-order valence-electron chi connectivity index (χ0n) is 31.6. The number of carboxylic acid groups (broad SMARTS) is 2. The number of amides is 2. The van der Waals surface area contributed by atoms with E-state index in [-0.39, 0.29) is 94.5 Å². The van der Waals surface area contributed by atoms with Crippen molar-refractivity contribution in [3.63, 3.8) is 0 Å². The molecule has 17 heteroatoms. The van der Waals surface area contributed by atoms with Crippen molar-refractivity contribution in [3.05, 3.63) is 53.7 Å². The van der Waals surface area contributed by atoms with E-state index in [9.17, 15) is 27.6 Å². The molecule has 308 valence electrons. The number of pyridine rings is 1. The predicted molar refractivity (Wildman–Crippen MR) is 204 cm³/mol. The molecule has 0 saturated heterocycles. The first kappa shape index (κ1) is 47.0. The Morgan fingerprint density at radius 2 is 1.15 bits per heavy atom. The molecule has 0 saturated carbocycles. The van der Waals surface area contributed by atoms with Crippen LogP contribution in [0.2, 0.25) is 0 Å². The number of unbranched alkanes of at least 4 members (excludes halogenated alkanes) is 10. The van der Waals surface area contributed by atoms with E-state index in [1.54, 1.807) is 12.1 Å². The summed E-state index contributed by atoms with van der Waals surface area (Å²) in [5.74, 6) is -2.40. The lowest BCUT2D eigenvalue weighted by Crippen LogP contribution is -2.31. The summed E-state index contributed by atoms with van der Waals surface area (Å²) >= 11 is 0. The highest BCUT2D eigenvalue weighted by Crippen LogP contribution is 2.18. The second-order valence-electron chi connectivity index (χ2n) is 12.8. The number of ether oxygens (including phenoxy) is 4. The van der Waals surface area contributed by atoms with Crippen molar-refractivity contribution in [3.8, 4) is 0 Å². The number of sulfonamides is 1. The molecule has 16 nitrogen and oxygen atoms in total. The number of carbonyl (C=O) groups excluding carboxylic acids is 2. The number of hydrogen-bond acceptors (Lipinski definition) is 11. The zero-order chi connectivity index (χ0) is 40.0. The quantitative estimate of drug-likeness (QED) is 0.0627. The van der Waals surface area contributed by atoms with Crippen molar-refractivity contribution >= 4 is 39.6 Å². The van der Waals surface area contributed by atoms with Crippen LogP contribution in [0.1, 0.15) is 93.0 Å². The largest absolute Gasteiger partial charge is 0.481 e. The van der Waals surface area contributed by atoms with Gasteiger partial charge in [0.15, 0.2) is 0 Å². The molecular formula is C38H58N4O12S. The molecule has 0 aliphatic rings. The summed E-state index contributed by atoms with van der Waals surface area (Å²) in [5, 5.41) is 22.4. The zero-order valence-corrected chi connectivity index (χ0v) is 32.5. The first-order chi connectivity index (χ1) is 26.6. The number of aromatic nitrogens is 1. The van der Waals surface area contributed by atoms with Gasteiger partial charge < -0.3 is 39.8 Å². The molecule has 0 radical (unpaired) electrons. The molecule has 2 rings (SSSR count). The van der Waals surface area contributed by atoms with E-state index >= 15 is 0 Å². The fraction of sp³-hybridized carbons (Fsp3) is 0.605. The van der Waals surface area contributed by atoms with Crippen molar-refractivity contribution < 1.29 is 56.8 Å². The third-order valence-corrected chi connectivity index (χ3v) is 9.53. The van der Waals surface area contributed by atoms with Gasteiger partial charge in [-0.2, -0.15) is 0 Å². The van der Waals surface area contributed by atoms with Gasteiger partial charge in [-0.05, 0) is 49.1 Å². The third kappa shape index (κ3) is 24.1. The molecule has 1 aromatic heterocycles. The molecular weight excluding hydrogens is 737 g/mol. The molecule has 0 fully saturated rings. The van der Waals surface area contributed by atoms with E-state index in [1.807, 2.05) is 12.1 Å². The van der Waals surface area contributed by atoms with Crippen LogP contribution in [0, 0.1) is 0 Å². The minimum atomic E-state index is -3.87. The Kier molecular flexibility index (Phi) is 24.9. The van der Waals surface area contributed by atoms with Gasteiger partial charge in [0.05, 0.1) is 50.1 Å². The molecule has 0 atom stereocenters. The smallest absolute Gasteiger partial charge is 0.329 e. The third-order valence-electron chi connectivity index (χ3n) is 8.16. The highest BCUT2D eigenvalue weighted by atomic mass is 32.2. The van der Waals surface area contributed by atoms with Gasteiger partial charge >= 0.3 is 11.9 Å².